The standard InChI is InChI=1S/C13H19BrN2/c1-16-7-6-10(9-16)12(8-15)11-4-2-3-5-13(11)14/h2-5,10,12H,6-9,15H2,1H3. The van der Waals surface area contributed by atoms with E-state index in [1.165, 1.54) is 29.5 Å². The number of nitrogens with two attached hydrogens (primary N) is 1. The van der Waals surface area contributed by atoms with Gasteiger partial charge in [0.05, 0.1) is 0 Å². The Labute approximate surface area is 106 Å². The van der Waals surface area contributed by atoms with Gasteiger partial charge in [-0.2, -0.15) is 0 Å². The van der Waals surface area contributed by atoms with Gasteiger partial charge in [-0.1, -0.05) is 34.1 Å². The fourth-order valence-electron chi connectivity index (χ4n) is 2.65. The van der Waals surface area contributed by atoms with Gasteiger partial charge in [-0.05, 0) is 44.1 Å². The van der Waals surface area contributed by atoms with Crippen molar-refractivity contribution in [3.8, 4) is 0 Å². The molecule has 2 rings (SSSR count). The van der Waals surface area contributed by atoms with Crippen LogP contribution < -0.4 is 5.73 Å². The predicted molar refractivity (Wildman–Crippen MR) is 71.5 cm³/mol. The van der Waals surface area contributed by atoms with Crippen molar-refractivity contribution in [2.24, 2.45) is 11.7 Å². The van der Waals surface area contributed by atoms with Crippen LogP contribution in [-0.4, -0.2) is 31.6 Å². The molecule has 2 unspecified atom stereocenters. The van der Waals surface area contributed by atoms with Crippen molar-refractivity contribution in [1.29, 1.82) is 0 Å². The number of hydrogen-bond acceptors (Lipinski definition) is 2. The quantitative estimate of drug-likeness (QED) is 0.923. The maximum Gasteiger partial charge on any atom is 0.0210 e. The first kappa shape index (κ1) is 12.1. The number of rotatable bonds is 3. The van der Waals surface area contributed by atoms with Crippen molar-refractivity contribution in [3.63, 3.8) is 0 Å². The van der Waals surface area contributed by atoms with Crippen molar-refractivity contribution >= 4 is 15.9 Å². The molecule has 16 heavy (non-hydrogen) atoms. The molecule has 2 atom stereocenters. The number of likely N-dealkylation sites (tertiary alicyclic amines) is 1. The summed E-state index contributed by atoms with van der Waals surface area (Å²) >= 11 is 3.63. The summed E-state index contributed by atoms with van der Waals surface area (Å²) in [5, 5.41) is 0. The second-order valence-electron chi connectivity index (χ2n) is 4.67. The Bertz CT molecular complexity index is 354. The van der Waals surface area contributed by atoms with Crippen molar-refractivity contribution < 1.29 is 0 Å². The van der Waals surface area contributed by atoms with Gasteiger partial charge in [-0.3, -0.25) is 0 Å². The lowest BCUT2D eigenvalue weighted by Gasteiger charge is -2.23. The fourth-order valence-corrected chi connectivity index (χ4v) is 3.23. The van der Waals surface area contributed by atoms with E-state index in [0.717, 1.165) is 6.54 Å². The number of benzene rings is 1. The number of hydrogen-bond donors (Lipinski definition) is 1. The molecule has 1 aliphatic heterocycles. The lowest BCUT2D eigenvalue weighted by atomic mass is 9.85. The Morgan fingerprint density at radius 2 is 2.25 bits per heavy atom. The van der Waals surface area contributed by atoms with Gasteiger partial charge >= 0.3 is 0 Å². The molecule has 2 nitrogen and oxygen atoms in total. The summed E-state index contributed by atoms with van der Waals surface area (Å²) in [5.41, 5.74) is 7.33. The normalized spacial score (nSPS) is 23.6. The molecule has 0 aliphatic carbocycles. The minimum absolute atomic E-state index is 0.487. The van der Waals surface area contributed by atoms with E-state index < -0.39 is 0 Å². The summed E-state index contributed by atoms with van der Waals surface area (Å²) in [6.07, 6.45) is 1.26. The van der Waals surface area contributed by atoms with Crippen molar-refractivity contribution in [3.05, 3.63) is 34.3 Å². The van der Waals surface area contributed by atoms with Crippen molar-refractivity contribution in [2.75, 3.05) is 26.7 Å². The smallest absolute Gasteiger partial charge is 0.0210 e. The van der Waals surface area contributed by atoms with Crippen LogP contribution in [0.4, 0.5) is 0 Å². The lowest BCUT2D eigenvalue weighted by Crippen LogP contribution is -2.24. The molecule has 1 fully saturated rings. The van der Waals surface area contributed by atoms with E-state index >= 15 is 0 Å². The molecule has 0 radical (unpaired) electrons. The number of nitrogens with zero attached hydrogens (tertiary/aromatic N) is 1. The van der Waals surface area contributed by atoms with Crippen LogP contribution in [0, 0.1) is 5.92 Å². The summed E-state index contributed by atoms with van der Waals surface area (Å²) in [7, 11) is 2.19. The van der Waals surface area contributed by atoms with Crippen molar-refractivity contribution in [1.82, 2.24) is 4.90 Å². The molecular weight excluding hydrogens is 264 g/mol. The van der Waals surface area contributed by atoms with Crippen LogP contribution >= 0.6 is 15.9 Å². The predicted octanol–water partition coefficient (Wildman–Crippen LogP) is 2.44. The Kier molecular flexibility index (Phi) is 4.00. The number of halogens is 1. The van der Waals surface area contributed by atoms with Gasteiger partial charge in [0.2, 0.25) is 0 Å². The Balaban J connectivity index is 2.19. The van der Waals surface area contributed by atoms with Gasteiger partial charge < -0.3 is 10.6 Å². The average molecular weight is 283 g/mol. The Hall–Kier alpha value is -0.380. The highest BCUT2D eigenvalue weighted by Gasteiger charge is 2.28. The molecule has 3 heteroatoms. The van der Waals surface area contributed by atoms with Crippen molar-refractivity contribution in [2.45, 2.75) is 12.3 Å². The summed E-state index contributed by atoms with van der Waals surface area (Å²) in [4.78, 5) is 2.39. The highest BCUT2D eigenvalue weighted by Crippen LogP contribution is 2.34. The first-order valence-corrected chi connectivity index (χ1v) is 6.64. The summed E-state index contributed by atoms with van der Waals surface area (Å²) in [6.45, 7) is 3.11. The van der Waals surface area contributed by atoms with Crippen LogP contribution in [0.1, 0.15) is 17.9 Å². The van der Waals surface area contributed by atoms with E-state index in [2.05, 4.69) is 52.1 Å². The maximum absolute atomic E-state index is 5.96. The summed E-state index contributed by atoms with van der Waals surface area (Å²) in [6, 6.07) is 8.46. The van der Waals surface area contributed by atoms with E-state index in [9.17, 15) is 0 Å². The zero-order valence-electron chi connectivity index (χ0n) is 9.70. The lowest BCUT2D eigenvalue weighted by molar-refractivity contribution is 0.371. The molecule has 0 bridgehead atoms. The van der Waals surface area contributed by atoms with Gasteiger partial charge in [0.1, 0.15) is 0 Å². The maximum atomic E-state index is 5.96. The first-order chi connectivity index (χ1) is 7.72. The second-order valence-corrected chi connectivity index (χ2v) is 5.53. The van der Waals surface area contributed by atoms with Gasteiger partial charge in [-0.15, -0.1) is 0 Å². The van der Waals surface area contributed by atoms with Crippen LogP contribution in [0.15, 0.2) is 28.7 Å². The summed E-state index contributed by atoms with van der Waals surface area (Å²) < 4.78 is 1.19. The molecule has 0 amide bonds. The summed E-state index contributed by atoms with van der Waals surface area (Å²) in [5.74, 6) is 1.19. The second kappa shape index (κ2) is 5.30. The van der Waals surface area contributed by atoms with E-state index in [1.807, 2.05) is 0 Å². The molecule has 1 heterocycles. The minimum atomic E-state index is 0.487. The highest BCUT2D eigenvalue weighted by atomic mass is 79.9. The topological polar surface area (TPSA) is 29.3 Å². The zero-order valence-corrected chi connectivity index (χ0v) is 11.3. The van der Waals surface area contributed by atoms with E-state index in [1.54, 1.807) is 0 Å². The van der Waals surface area contributed by atoms with E-state index in [-0.39, 0.29) is 0 Å². The molecule has 1 aromatic carbocycles. The van der Waals surface area contributed by atoms with Gasteiger partial charge in [0.15, 0.2) is 0 Å². The Morgan fingerprint density at radius 1 is 1.50 bits per heavy atom. The molecule has 0 spiro atoms. The third-order valence-electron chi connectivity index (χ3n) is 3.56. The van der Waals surface area contributed by atoms with Gasteiger partial charge in [-0.25, -0.2) is 0 Å². The third kappa shape index (κ3) is 2.47. The van der Waals surface area contributed by atoms with Crippen LogP contribution in [0.2, 0.25) is 0 Å². The SMILES string of the molecule is CN1CCC(C(CN)c2ccccc2Br)C1. The first-order valence-electron chi connectivity index (χ1n) is 5.85. The molecule has 2 N–H and O–H groups in total. The third-order valence-corrected chi connectivity index (χ3v) is 4.28. The van der Waals surface area contributed by atoms with Crippen LogP contribution in [0.25, 0.3) is 0 Å². The van der Waals surface area contributed by atoms with Crippen LogP contribution in [-0.2, 0) is 0 Å². The van der Waals surface area contributed by atoms with E-state index in [4.69, 9.17) is 5.73 Å². The molecule has 0 saturated carbocycles. The van der Waals surface area contributed by atoms with Crippen LogP contribution in [0.3, 0.4) is 0 Å². The minimum Gasteiger partial charge on any atom is -0.330 e. The van der Waals surface area contributed by atoms with Gasteiger partial charge in [0.25, 0.3) is 0 Å². The molecular formula is C13H19BrN2. The Morgan fingerprint density at radius 3 is 2.81 bits per heavy atom. The van der Waals surface area contributed by atoms with E-state index in [0.29, 0.717) is 11.8 Å². The molecule has 0 aromatic heterocycles. The molecule has 1 aliphatic rings. The fraction of sp³-hybridized carbons (Fsp3) is 0.538. The molecule has 88 valence electrons. The average Bonchev–Trinajstić information content (AvgIpc) is 2.69. The monoisotopic (exact) mass is 282 g/mol. The van der Waals surface area contributed by atoms with Gasteiger partial charge in [0, 0.05) is 16.9 Å². The largest absolute Gasteiger partial charge is 0.330 e. The molecule has 1 aromatic rings. The molecule has 1 saturated heterocycles. The van der Waals surface area contributed by atoms with Crippen LogP contribution in [0.5, 0.6) is 0 Å². The zero-order chi connectivity index (χ0) is 11.5. The highest BCUT2D eigenvalue weighted by molar-refractivity contribution is 9.10.